The van der Waals surface area contributed by atoms with E-state index in [1.54, 1.807) is 0 Å². The Morgan fingerprint density at radius 1 is 0.400 bits per heavy atom. The predicted octanol–water partition coefficient (Wildman–Crippen LogP) is 11.7. The SMILES string of the molecule is CC(C)(C)c1cccc(-c2cccc(-c3[c]cccc3)c2-c2cccc(C(C)(C)C)c2C(C)(C)C)c1C(C)(C)C. The Bertz CT molecular complexity index is 1490. The molecule has 0 fully saturated rings. The first kappa shape index (κ1) is 29.9. The average Bonchev–Trinajstić information content (AvgIpc) is 2.86. The zero-order valence-corrected chi connectivity index (χ0v) is 27.0. The smallest absolute Gasteiger partial charge is 0.00234 e. The first-order valence-corrected chi connectivity index (χ1v) is 14.8. The van der Waals surface area contributed by atoms with Crippen LogP contribution in [0.1, 0.15) is 105 Å². The number of hydrogen-bond acceptors (Lipinski definition) is 0. The average molecular weight is 530 g/mol. The van der Waals surface area contributed by atoms with Crippen molar-refractivity contribution in [2.45, 2.75) is 105 Å². The highest BCUT2D eigenvalue weighted by molar-refractivity contribution is 5.97. The second-order valence-corrected chi connectivity index (χ2v) is 15.5. The van der Waals surface area contributed by atoms with Gasteiger partial charge in [-0.2, -0.15) is 0 Å². The molecule has 0 aliphatic heterocycles. The molecule has 0 aromatic heterocycles. The Balaban J connectivity index is 2.25. The van der Waals surface area contributed by atoms with Gasteiger partial charge in [-0.25, -0.2) is 0 Å². The summed E-state index contributed by atoms with van der Waals surface area (Å²) in [5, 5.41) is 0. The Kier molecular flexibility index (Phi) is 7.74. The van der Waals surface area contributed by atoms with Gasteiger partial charge in [-0.15, -0.1) is 0 Å². The number of hydrogen-bond donors (Lipinski definition) is 0. The van der Waals surface area contributed by atoms with Crippen LogP contribution in [0.3, 0.4) is 0 Å². The molecule has 0 amide bonds. The molecule has 209 valence electrons. The van der Waals surface area contributed by atoms with E-state index in [2.05, 4.69) is 162 Å². The summed E-state index contributed by atoms with van der Waals surface area (Å²) in [5.41, 5.74) is 13.3. The summed E-state index contributed by atoms with van der Waals surface area (Å²) >= 11 is 0. The van der Waals surface area contributed by atoms with Crippen LogP contribution in [0, 0.1) is 6.07 Å². The van der Waals surface area contributed by atoms with Crippen LogP contribution in [-0.4, -0.2) is 0 Å². The van der Waals surface area contributed by atoms with Crippen LogP contribution in [0.15, 0.2) is 78.9 Å². The third kappa shape index (κ3) is 5.83. The molecular formula is C40H49. The molecule has 40 heavy (non-hydrogen) atoms. The van der Waals surface area contributed by atoms with E-state index in [0.29, 0.717) is 0 Å². The van der Waals surface area contributed by atoms with Crippen LogP contribution in [0.5, 0.6) is 0 Å². The molecule has 0 atom stereocenters. The van der Waals surface area contributed by atoms with E-state index < -0.39 is 0 Å². The summed E-state index contributed by atoms with van der Waals surface area (Å²) in [6.45, 7) is 28.2. The van der Waals surface area contributed by atoms with Crippen LogP contribution in [0.4, 0.5) is 0 Å². The lowest BCUT2D eigenvalue weighted by Crippen LogP contribution is -2.24. The second-order valence-electron chi connectivity index (χ2n) is 15.5. The molecule has 0 heterocycles. The van der Waals surface area contributed by atoms with Crippen molar-refractivity contribution in [1.29, 1.82) is 0 Å². The minimum Gasteiger partial charge on any atom is -0.0616 e. The molecule has 0 saturated carbocycles. The summed E-state index contributed by atoms with van der Waals surface area (Å²) < 4.78 is 0. The normalized spacial score (nSPS) is 13.0. The predicted molar refractivity (Wildman–Crippen MR) is 176 cm³/mol. The van der Waals surface area contributed by atoms with Gasteiger partial charge in [0.15, 0.2) is 0 Å². The molecule has 0 aliphatic carbocycles. The van der Waals surface area contributed by atoms with Gasteiger partial charge in [-0.3, -0.25) is 0 Å². The van der Waals surface area contributed by atoms with Gasteiger partial charge in [0.2, 0.25) is 0 Å². The van der Waals surface area contributed by atoms with Crippen molar-refractivity contribution in [3.63, 3.8) is 0 Å². The lowest BCUT2D eigenvalue weighted by atomic mass is 9.69. The molecule has 1 radical (unpaired) electrons. The van der Waals surface area contributed by atoms with Gasteiger partial charge in [0.25, 0.3) is 0 Å². The molecule has 4 aromatic carbocycles. The molecule has 0 aliphatic rings. The summed E-state index contributed by atoms with van der Waals surface area (Å²) in [4.78, 5) is 0. The summed E-state index contributed by atoms with van der Waals surface area (Å²) in [6.07, 6.45) is 0. The Morgan fingerprint density at radius 3 is 1.32 bits per heavy atom. The van der Waals surface area contributed by atoms with Crippen molar-refractivity contribution in [3.8, 4) is 33.4 Å². The third-order valence-electron chi connectivity index (χ3n) is 7.87. The van der Waals surface area contributed by atoms with Crippen molar-refractivity contribution < 1.29 is 0 Å². The van der Waals surface area contributed by atoms with E-state index in [-0.39, 0.29) is 21.7 Å². The molecule has 0 heteroatoms. The Hall–Kier alpha value is -3.12. The van der Waals surface area contributed by atoms with Crippen LogP contribution in [0.2, 0.25) is 0 Å². The van der Waals surface area contributed by atoms with Crippen molar-refractivity contribution in [2.75, 3.05) is 0 Å². The summed E-state index contributed by atoms with van der Waals surface area (Å²) in [6, 6.07) is 32.7. The fraction of sp³-hybridized carbons (Fsp3) is 0.400. The minimum atomic E-state index is -0.0376. The molecule has 0 nitrogen and oxygen atoms in total. The van der Waals surface area contributed by atoms with E-state index in [0.717, 1.165) is 5.56 Å². The Morgan fingerprint density at radius 2 is 0.850 bits per heavy atom. The molecule has 4 aromatic rings. The fourth-order valence-electron chi connectivity index (χ4n) is 6.26. The van der Waals surface area contributed by atoms with Gasteiger partial charge in [-0.1, -0.05) is 162 Å². The highest BCUT2D eigenvalue weighted by Crippen LogP contribution is 2.49. The first-order valence-electron chi connectivity index (χ1n) is 14.8. The minimum absolute atomic E-state index is 0.0224. The van der Waals surface area contributed by atoms with Gasteiger partial charge in [-0.05, 0) is 83.4 Å². The van der Waals surface area contributed by atoms with Crippen LogP contribution < -0.4 is 0 Å². The molecule has 0 N–H and O–H groups in total. The zero-order chi connectivity index (χ0) is 29.7. The lowest BCUT2D eigenvalue weighted by Gasteiger charge is -2.35. The van der Waals surface area contributed by atoms with E-state index in [9.17, 15) is 0 Å². The van der Waals surface area contributed by atoms with Crippen molar-refractivity contribution in [2.24, 2.45) is 0 Å². The van der Waals surface area contributed by atoms with E-state index in [1.165, 1.54) is 50.1 Å². The molecule has 0 bridgehead atoms. The quantitative estimate of drug-likeness (QED) is 0.247. The molecule has 0 saturated heterocycles. The van der Waals surface area contributed by atoms with Crippen LogP contribution in [0.25, 0.3) is 33.4 Å². The molecule has 4 rings (SSSR count). The second kappa shape index (κ2) is 10.4. The third-order valence-corrected chi connectivity index (χ3v) is 7.87. The van der Waals surface area contributed by atoms with Crippen molar-refractivity contribution in [3.05, 3.63) is 107 Å². The zero-order valence-electron chi connectivity index (χ0n) is 27.0. The van der Waals surface area contributed by atoms with Gasteiger partial charge in [0.1, 0.15) is 0 Å². The van der Waals surface area contributed by atoms with Gasteiger partial charge in [0.05, 0.1) is 0 Å². The van der Waals surface area contributed by atoms with E-state index in [4.69, 9.17) is 0 Å². The lowest BCUT2D eigenvalue weighted by molar-refractivity contribution is 0.531. The van der Waals surface area contributed by atoms with Crippen molar-refractivity contribution in [1.82, 2.24) is 0 Å². The first-order chi connectivity index (χ1) is 18.4. The van der Waals surface area contributed by atoms with Gasteiger partial charge < -0.3 is 0 Å². The van der Waals surface area contributed by atoms with Crippen molar-refractivity contribution >= 4 is 0 Å². The van der Waals surface area contributed by atoms with E-state index >= 15 is 0 Å². The summed E-state index contributed by atoms with van der Waals surface area (Å²) in [7, 11) is 0. The van der Waals surface area contributed by atoms with Crippen LogP contribution >= 0.6 is 0 Å². The Labute approximate surface area is 244 Å². The van der Waals surface area contributed by atoms with Gasteiger partial charge >= 0.3 is 0 Å². The van der Waals surface area contributed by atoms with Gasteiger partial charge in [0, 0.05) is 0 Å². The number of rotatable bonds is 3. The topological polar surface area (TPSA) is 0 Å². The van der Waals surface area contributed by atoms with E-state index in [1.807, 2.05) is 6.07 Å². The maximum atomic E-state index is 3.56. The highest BCUT2D eigenvalue weighted by Gasteiger charge is 2.32. The molecule has 0 spiro atoms. The monoisotopic (exact) mass is 529 g/mol. The highest BCUT2D eigenvalue weighted by atomic mass is 14.4. The fourth-order valence-corrected chi connectivity index (χ4v) is 6.26. The standard InChI is InChI=1S/C40H49/c1-37(2,3)32-25-17-23-30(35(32)39(7,8)9)29-22-16-21-28(27-19-14-13-15-20-27)34(29)31-24-18-26-33(38(4,5)6)36(31)40(10,11)12/h13-19,21-26H,1-12H3. The molecular weight excluding hydrogens is 480 g/mol. The molecule has 0 unspecified atom stereocenters. The number of benzene rings is 4. The summed E-state index contributed by atoms with van der Waals surface area (Å²) in [5.74, 6) is 0. The maximum absolute atomic E-state index is 3.56. The largest absolute Gasteiger partial charge is 0.0616 e. The van der Waals surface area contributed by atoms with Crippen LogP contribution in [-0.2, 0) is 21.7 Å². The maximum Gasteiger partial charge on any atom is -0.00234 e.